The summed E-state index contributed by atoms with van der Waals surface area (Å²) in [6.45, 7) is 6.52. The predicted molar refractivity (Wildman–Crippen MR) is 76.0 cm³/mol. The Bertz CT molecular complexity index is 455. The average Bonchev–Trinajstić information content (AvgIpc) is 2.39. The van der Waals surface area contributed by atoms with Gasteiger partial charge in [0.1, 0.15) is 5.75 Å². The van der Waals surface area contributed by atoms with Gasteiger partial charge in [-0.05, 0) is 45.0 Å². The molecule has 1 aromatic carbocycles. The average molecular weight is 279 g/mol. The molecule has 0 aliphatic carbocycles. The molecule has 1 rings (SSSR count). The van der Waals surface area contributed by atoms with Crippen LogP contribution in [-0.4, -0.2) is 41.1 Å². The molecule has 20 heavy (non-hydrogen) atoms. The van der Waals surface area contributed by atoms with Crippen LogP contribution >= 0.6 is 0 Å². The molecule has 0 aliphatic rings. The molecule has 0 spiro atoms. The fourth-order valence-electron chi connectivity index (χ4n) is 2.04. The van der Waals surface area contributed by atoms with Crippen molar-refractivity contribution in [3.05, 3.63) is 29.8 Å². The van der Waals surface area contributed by atoms with Crippen LogP contribution in [0.4, 0.5) is 0 Å². The molecule has 0 aliphatic heterocycles. The molecule has 0 radical (unpaired) electrons. The van der Waals surface area contributed by atoms with Crippen molar-refractivity contribution in [1.29, 1.82) is 0 Å². The maximum absolute atomic E-state index is 12.4. The van der Waals surface area contributed by atoms with Crippen molar-refractivity contribution in [3.63, 3.8) is 0 Å². The minimum Gasteiger partial charge on any atom is -0.494 e. The topological polar surface area (TPSA) is 66.8 Å². The van der Waals surface area contributed by atoms with Crippen LogP contribution < -0.4 is 4.74 Å². The van der Waals surface area contributed by atoms with Gasteiger partial charge in [-0.2, -0.15) is 0 Å². The Balaban J connectivity index is 2.82. The number of ether oxygens (including phenoxy) is 1. The van der Waals surface area contributed by atoms with Gasteiger partial charge >= 0.3 is 5.97 Å². The van der Waals surface area contributed by atoms with E-state index in [1.165, 1.54) is 0 Å². The van der Waals surface area contributed by atoms with Crippen LogP contribution in [0.3, 0.4) is 0 Å². The Morgan fingerprint density at radius 2 is 1.85 bits per heavy atom. The lowest BCUT2D eigenvalue weighted by Gasteiger charge is -2.27. The molecule has 5 nitrogen and oxygen atoms in total. The van der Waals surface area contributed by atoms with Crippen LogP contribution in [0.25, 0.3) is 0 Å². The summed E-state index contributed by atoms with van der Waals surface area (Å²) >= 11 is 0. The van der Waals surface area contributed by atoms with Crippen LogP contribution in [0.2, 0.25) is 0 Å². The first-order valence-corrected chi connectivity index (χ1v) is 6.75. The highest BCUT2D eigenvalue weighted by atomic mass is 16.5. The Morgan fingerprint density at radius 3 is 2.30 bits per heavy atom. The molecule has 1 atom stereocenters. The molecule has 0 saturated carbocycles. The number of carboxylic acid groups (broad SMARTS) is 1. The zero-order valence-corrected chi connectivity index (χ0v) is 12.1. The van der Waals surface area contributed by atoms with Gasteiger partial charge in [-0.15, -0.1) is 0 Å². The fourth-order valence-corrected chi connectivity index (χ4v) is 2.04. The van der Waals surface area contributed by atoms with E-state index in [4.69, 9.17) is 9.84 Å². The quantitative estimate of drug-likeness (QED) is 0.832. The van der Waals surface area contributed by atoms with Crippen molar-refractivity contribution in [2.24, 2.45) is 0 Å². The lowest BCUT2D eigenvalue weighted by molar-refractivity contribution is -0.138. The predicted octanol–water partition coefficient (Wildman–Crippen LogP) is 2.41. The Morgan fingerprint density at radius 1 is 1.25 bits per heavy atom. The highest BCUT2D eigenvalue weighted by Crippen LogP contribution is 2.15. The van der Waals surface area contributed by atoms with E-state index in [9.17, 15) is 9.59 Å². The first-order valence-electron chi connectivity index (χ1n) is 6.75. The summed E-state index contributed by atoms with van der Waals surface area (Å²) < 4.78 is 5.32. The van der Waals surface area contributed by atoms with Gasteiger partial charge in [0.2, 0.25) is 0 Å². The zero-order chi connectivity index (χ0) is 15.1. The summed E-state index contributed by atoms with van der Waals surface area (Å²) in [6, 6.07) is 6.54. The molecule has 0 aromatic heterocycles. The molecule has 5 heteroatoms. The van der Waals surface area contributed by atoms with E-state index in [-0.39, 0.29) is 18.4 Å². The number of rotatable bonds is 7. The second-order valence-electron chi connectivity index (χ2n) is 4.50. The third-order valence-electron chi connectivity index (χ3n) is 3.02. The summed E-state index contributed by atoms with van der Waals surface area (Å²) in [5.74, 6) is -0.356. The minimum atomic E-state index is -0.907. The van der Waals surface area contributed by atoms with Gasteiger partial charge < -0.3 is 14.7 Å². The molecule has 110 valence electrons. The van der Waals surface area contributed by atoms with Gasteiger partial charge in [-0.1, -0.05) is 0 Å². The van der Waals surface area contributed by atoms with Crippen LogP contribution in [0.5, 0.6) is 5.75 Å². The van der Waals surface area contributed by atoms with Gasteiger partial charge in [0.15, 0.2) is 0 Å². The number of carbonyl (C=O) groups is 2. The molecule has 1 N–H and O–H groups in total. The molecule has 0 bridgehead atoms. The highest BCUT2D eigenvalue weighted by Gasteiger charge is 2.21. The first-order chi connectivity index (χ1) is 9.49. The number of hydrogen-bond donors (Lipinski definition) is 1. The second kappa shape index (κ2) is 7.53. The van der Waals surface area contributed by atoms with Crippen molar-refractivity contribution in [3.8, 4) is 5.75 Å². The molecule has 0 saturated heterocycles. The van der Waals surface area contributed by atoms with E-state index < -0.39 is 5.97 Å². The summed E-state index contributed by atoms with van der Waals surface area (Å²) in [5.41, 5.74) is 0.535. The van der Waals surface area contributed by atoms with Gasteiger partial charge in [0.25, 0.3) is 5.91 Å². The molecular formula is C15H21NO4. The number of carboxylic acids is 1. The molecule has 0 heterocycles. The zero-order valence-electron chi connectivity index (χ0n) is 12.1. The third-order valence-corrected chi connectivity index (χ3v) is 3.02. The number of hydrogen-bond acceptors (Lipinski definition) is 3. The van der Waals surface area contributed by atoms with Crippen molar-refractivity contribution in [2.75, 3.05) is 13.2 Å². The lowest BCUT2D eigenvalue weighted by atomic mass is 10.1. The van der Waals surface area contributed by atoms with E-state index >= 15 is 0 Å². The van der Waals surface area contributed by atoms with Crippen molar-refractivity contribution >= 4 is 11.9 Å². The van der Waals surface area contributed by atoms with Gasteiger partial charge in [0, 0.05) is 18.2 Å². The Hall–Kier alpha value is -2.04. The standard InChI is InChI=1S/C15H21NO4/c1-4-16(11(3)10-14(17)18)15(19)12-6-8-13(9-7-12)20-5-2/h6-9,11H,4-5,10H2,1-3H3,(H,17,18). The second-order valence-corrected chi connectivity index (χ2v) is 4.50. The number of carbonyl (C=O) groups excluding carboxylic acids is 1. The molecule has 1 amide bonds. The largest absolute Gasteiger partial charge is 0.494 e. The van der Waals surface area contributed by atoms with Crippen molar-refractivity contribution < 1.29 is 19.4 Å². The summed E-state index contributed by atoms with van der Waals surface area (Å²) in [4.78, 5) is 24.7. The third kappa shape index (κ3) is 4.26. The maximum atomic E-state index is 12.4. The van der Waals surface area contributed by atoms with Gasteiger partial charge in [-0.25, -0.2) is 0 Å². The van der Waals surface area contributed by atoms with Crippen LogP contribution in [0, 0.1) is 0 Å². The highest BCUT2D eigenvalue weighted by molar-refractivity contribution is 5.94. The smallest absolute Gasteiger partial charge is 0.305 e. The monoisotopic (exact) mass is 279 g/mol. The number of aliphatic carboxylic acids is 1. The van der Waals surface area contributed by atoms with E-state index in [1.54, 1.807) is 36.1 Å². The number of amides is 1. The molecule has 0 fully saturated rings. The maximum Gasteiger partial charge on any atom is 0.305 e. The van der Waals surface area contributed by atoms with Crippen LogP contribution in [0.1, 0.15) is 37.6 Å². The SMILES string of the molecule is CCOc1ccc(C(=O)N(CC)C(C)CC(=O)O)cc1. The van der Waals surface area contributed by atoms with Crippen LogP contribution in [-0.2, 0) is 4.79 Å². The van der Waals surface area contributed by atoms with E-state index in [2.05, 4.69) is 0 Å². The number of benzene rings is 1. The fraction of sp³-hybridized carbons (Fsp3) is 0.467. The number of nitrogens with zero attached hydrogens (tertiary/aromatic N) is 1. The first kappa shape index (κ1) is 16.0. The Kier molecular flexibility index (Phi) is 6.03. The van der Waals surface area contributed by atoms with E-state index in [0.29, 0.717) is 24.5 Å². The lowest BCUT2D eigenvalue weighted by Crippen LogP contribution is -2.39. The minimum absolute atomic E-state index is 0.0589. The molecule has 1 aromatic rings. The van der Waals surface area contributed by atoms with Crippen molar-refractivity contribution in [1.82, 2.24) is 4.90 Å². The van der Waals surface area contributed by atoms with Gasteiger partial charge in [0.05, 0.1) is 13.0 Å². The summed E-state index contributed by atoms with van der Waals surface area (Å²) in [7, 11) is 0. The summed E-state index contributed by atoms with van der Waals surface area (Å²) in [6.07, 6.45) is -0.0589. The summed E-state index contributed by atoms with van der Waals surface area (Å²) in [5, 5.41) is 8.82. The van der Waals surface area contributed by atoms with E-state index in [0.717, 1.165) is 0 Å². The van der Waals surface area contributed by atoms with Crippen molar-refractivity contribution in [2.45, 2.75) is 33.2 Å². The van der Waals surface area contributed by atoms with E-state index in [1.807, 2.05) is 13.8 Å². The van der Waals surface area contributed by atoms with Crippen LogP contribution in [0.15, 0.2) is 24.3 Å². The van der Waals surface area contributed by atoms with Gasteiger partial charge in [-0.3, -0.25) is 9.59 Å². The normalized spacial score (nSPS) is 11.8. The molecule has 1 unspecified atom stereocenters. The molecular weight excluding hydrogens is 258 g/mol. The Labute approximate surface area is 119 Å².